The van der Waals surface area contributed by atoms with Crippen LogP contribution in [-0.2, 0) is 37.0 Å². The first-order valence-corrected chi connectivity index (χ1v) is 12.8. The standard InChI is InChI=1S/C29H36N4O6/c1-6-38-26(34)17-33-20(2)23(22-14-10-11-15-25(22)33)16-30-32-27(35)24(31-28(36)39-29(3,4)5)19-37-18-21-12-8-7-9-13-21/h7-16,24H,6,17-19H2,1-5H3,(H,31,36)(H,32,35)/b30-16-/t24-/m0/s1. The number of nitrogens with one attached hydrogen (secondary N) is 2. The number of rotatable bonds is 11. The van der Waals surface area contributed by atoms with Crippen LogP contribution in [0, 0.1) is 6.92 Å². The van der Waals surface area contributed by atoms with Crippen molar-refractivity contribution in [2.24, 2.45) is 5.10 Å². The molecule has 1 aromatic heterocycles. The van der Waals surface area contributed by atoms with Gasteiger partial charge in [-0.15, -0.1) is 0 Å². The van der Waals surface area contributed by atoms with Crippen molar-refractivity contribution < 1.29 is 28.6 Å². The molecule has 0 saturated carbocycles. The summed E-state index contributed by atoms with van der Waals surface area (Å²) in [5.41, 5.74) is 5.06. The summed E-state index contributed by atoms with van der Waals surface area (Å²) in [6.45, 7) is 9.36. The third-order valence-corrected chi connectivity index (χ3v) is 5.64. The van der Waals surface area contributed by atoms with Gasteiger partial charge in [0.05, 0.1) is 26.0 Å². The summed E-state index contributed by atoms with van der Waals surface area (Å²) >= 11 is 0. The molecule has 0 aliphatic carbocycles. The molecule has 0 saturated heterocycles. The number of esters is 1. The molecule has 0 aliphatic rings. The fraction of sp³-hybridized carbons (Fsp3) is 0.379. The second-order valence-electron chi connectivity index (χ2n) is 9.84. The molecule has 0 unspecified atom stereocenters. The van der Waals surface area contributed by atoms with E-state index in [4.69, 9.17) is 14.2 Å². The van der Waals surface area contributed by atoms with Crippen LogP contribution in [0.25, 0.3) is 10.9 Å². The Morgan fingerprint density at radius 1 is 1.05 bits per heavy atom. The van der Waals surface area contributed by atoms with Crippen molar-refractivity contribution in [1.29, 1.82) is 0 Å². The first-order valence-electron chi connectivity index (χ1n) is 12.8. The van der Waals surface area contributed by atoms with Crippen molar-refractivity contribution in [2.45, 2.75) is 59.4 Å². The molecular formula is C29H36N4O6. The largest absolute Gasteiger partial charge is 0.465 e. The van der Waals surface area contributed by atoms with Gasteiger partial charge in [-0.05, 0) is 46.2 Å². The number of carbonyl (C=O) groups is 3. The number of hydrogen-bond acceptors (Lipinski definition) is 7. The Morgan fingerprint density at radius 3 is 2.44 bits per heavy atom. The van der Waals surface area contributed by atoms with E-state index in [9.17, 15) is 14.4 Å². The van der Waals surface area contributed by atoms with Gasteiger partial charge in [0.1, 0.15) is 18.2 Å². The summed E-state index contributed by atoms with van der Waals surface area (Å²) in [4.78, 5) is 37.5. The Hall–Kier alpha value is -4.18. The molecule has 0 fully saturated rings. The summed E-state index contributed by atoms with van der Waals surface area (Å²) in [6.07, 6.45) is 0.778. The lowest BCUT2D eigenvalue weighted by molar-refractivity contribution is -0.143. The number of hydrazone groups is 1. The molecule has 39 heavy (non-hydrogen) atoms. The third-order valence-electron chi connectivity index (χ3n) is 5.64. The Bertz CT molecular complexity index is 1310. The molecule has 2 aromatic carbocycles. The Kier molecular flexibility index (Phi) is 10.2. The van der Waals surface area contributed by atoms with Crippen LogP contribution in [0.4, 0.5) is 4.79 Å². The quantitative estimate of drug-likeness (QED) is 0.217. The van der Waals surface area contributed by atoms with Crippen molar-refractivity contribution in [3.63, 3.8) is 0 Å². The lowest BCUT2D eigenvalue weighted by Crippen LogP contribution is -2.49. The topological polar surface area (TPSA) is 120 Å². The van der Waals surface area contributed by atoms with Crippen molar-refractivity contribution in [1.82, 2.24) is 15.3 Å². The Labute approximate surface area is 228 Å². The predicted octanol–water partition coefficient (Wildman–Crippen LogP) is 4.07. The molecule has 10 heteroatoms. The Balaban J connectivity index is 1.74. The van der Waals surface area contributed by atoms with Crippen LogP contribution in [0.3, 0.4) is 0 Å². The molecule has 0 spiro atoms. The second-order valence-corrected chi connectivity index (χ2v) is 9.84. The zero-order valence-corrected chi connectivity index (χ0v) is 23.0. The second kappa shape index (κ2) is 13.6. The van der Waals surface area contributed by atoms with Crippen LogP contribution in [0.1, 0.15) is 44.5 Å². The van der Waals surface area contributed by atoms with E-state index in [1.54, 1.807) is 27.7 Å². The molecule has 0 aliphatic heterocycles. The van der Waals surface area contributed by atoms with Crippen LogP contribution in [0.2, 0.25) is 0 Å². The molecule has 0 radical (unpaired) electrons. The van der Waals surface area contributed by atoms with Crippen molar-refractivity contribution >= 4 is 35.1 Å². The number of hydrogen-bond donors (Lipinski definition) is 2. The van der Waals surface area contributed by atoms with E-state index in [1.165, 1.54) is 6.21 Å². The molecule has 3 rings (SSSR count). The predicted molar refractivity (Wildman–Crippen MR) is 148 cm³/mol. The van der Waals surface area contributed by atoms with Gasteiger partial charge in [0.15, 0.2) is 0 Å². The zero-order chi connectivity index (χ0) is 28.4. The maximum Gasteiger partial charge on any atom is 0.408 e. The zero-order valence-electron chi connectivity index (χ0n) is 23.0. The van der Waals surface area contributed by atoms with Gasteiger partial charge in [0.25, 0.3) is 5.91 Å². The SMILES string of the molecule is CCOC(=O)Cn1c(C)c(/C=N\NC(=O)[C@H](COCc2ccccc2)NC(=O)OC(C)(C)C)c2ccccc21. The normalized spacial score (nSPS) is 12.3. The monoisotopic (exact) mass is 536 g/mol. The summed E-state index contributed by atoms with van der Waals surface area (Å²) in [7, 11) is 0. The molecule has 3 aromatic rings. The van der Waals surface area contributed by atoms with E-state index in [1.807, 2.05) is 66.1 Å². The van der Waals surface area contributed by atoms with E-state index in [0.717, 1.165) is 27.7 Å². The van der Waals surface area contributed by atoms with E-state index in [-0.39, 0.29) is 25.7 Å². The fourth-order valence-corrected chi connectivity index (χ4v) is 3.90. The molecule has 1 heterocycles. The number of ether oxygens (including phenoxy) is 3. The van der Waals surface area contributed by atoms with Gasteiger partial charge in [0.2, 0.25) is 0 Å². The van der Waals surface area contributed by atoms with Crippen molar-refractivity contribution in [3.8, 4) is 0 Å². The van der Waals surface area contributed by atoms with Gasteiger partial charge in [-0.2, -0.15) is 5.10 Å². The molecule has 2 N–H and O–H groups in total. The first kappa shape index (κ1) is 29.4. The highest BCUT2D eigenvalue weighted by Crippen LogP contribution is 2.24. The van der Waals surface area contributed by atoms with Gasteiger partial charge in [-0.25, -0.2) is 10.2 Å². The lowest BCUT2D eigenvalue weighted by Gasteiger charge is -2.22. The lowest BCUT2D eigenvalue weighted by atomic mass is 10.1. The van der Waals surface area contributed by atoms with Gasteiger partial charge in [-0.1, -0.05) is 48.5 Å². The number of nitrogens with zero attached hydrogens (tertiary/aromatic N) is 2. The van der Waals surface area contributed by atoms with E-state index >= 15 is 0 Å². The van der Waals surface area contributed by atoms with Crippen LogP contribution in [0.5, 0.6) is 0 Å². The number of para-hydroxylation sites is 1. The van der Waals surface area contributed by atoms with Crippen LogP contribution >= 0.6 is 0 Å². The molecule has 208 valence electrons. The number of alkyl carbamates (subject to hydrolysis) is 1. The molecule has 0 bridgehead atoms. The summed E-state index contributed by atoms with van der Waals surface area (Å²) in [5, 5.41) is 7.58. The average molecular weight is 537 g/mol. The van der Waals surface area contributed by atoms with Crippen LogP contribution < -0.4 is 10.7 Å². The van der Waals surface area contributed by atoms with E-state index in [0.29, 0.717) is 6.61 Å². The van der Waals surface area contributed by atoms with E-state index in [2.05, 4.69) is 15.8 Å². The minimum Gasteiger partial charge on any atom is -0.465 e. The maximum atomic E-state index is 13.0. The maximum absolute atomic E-state index is 13.0. The number of amides is 2. The van der Waals surface area contributed by atoms with Gasteiger partial charge in [0, 0.05) is 22.2 Å². The van der Waals surface area contributed by atoms with Crippen molar-refractivity contribution in [2.75, 3.05) is 13.2 Å². The van der Waals surface area contributed by atoms with Crippen LogP contribution in [0.15, 0.2) is 59.7 Å². The number of benzene rings is 2. The minimum absolute atomic E-state index is 0.0566. The fourth-order valence-electron chi connectivity index (χ4n) is 3.90. The molecule has 2 amide bonds. The molecule has 1 atom stereocenters. The number of aromatic nitrogens is 1. The number of fused-ring (bicyclic) bond motifs is 1. The Morgan fingerprint density at radius 2 is 1.74 bits per heavy atom. The average Bonchev–Trinajstić information content (AvgIpc) is 3.13. The highest BCUT2D eigenvalue weighted by atomic mass is 16.6. The summed E-state index contributed by atoms with van der Waals surface area (Å²) in [5.74, 6) is -0.914. The third kappa shape index (κ3) is 8.68. The first-order chi connectivity index (χ1) is 18.6. The summed E-state index contributed by atoms with van der Waals surface area (Å²) < 4.78 is 18.0. The highest BCUT2D eigenvalue weighted by molar-refractivity contribution is 6.02. The van der Waals surface area contributed by atoms with Crippen LogP contribution in [-0.4, -0.2) is 53.6 Å². The van der Waals surface area contributed by atoms with E-state index < -0.39 is 23.6 Å². The highest BCUT2D eigenvalue weighted by Gasteiger charge is 2.25. The van der Waals surface area contributed by atoms with Gasteiger partial charge >= 0.3 is 12.1 Å². The molecular weight excluding hydrogens is 500 g/mol. The molecule has 10 nitrogen and oxygen atoms in total. The van der Waals surface area contributed by atoms with Crippen molar-refractivity contribution in [3.05, 3.63) is 71.4 Å². The summed E-state index contributed by atoms with van der Waals surface area (Å²) in [6, 6.07) is 16.0. The van der Waals surface area contributed by atoms with Gasteiger partial charge in [-0.3, -0.25) is 9.59 Å². The smallest absolute Gasteiger partial charge is 0.408 e. The number of carbonyl (C=O) groups excluding carboxylic acids is 3. The van der Waals surface area contributed by atoms with Gasteiger partial charge < -0.3 is 24.1 Å². The minimum atomic E-state index is -1.05.